The van der Waals surface area contributed by atoms with Crippen molar-refractivity contribution in [2.75, 3.05) is 26.0 Å². The van der Waals surface area contributed by atoms with Crippen molar-refractivity contribution in [1.82, 2.24) is 4.90 Å². The van der Waals surface area contributed by atoms with Crippen molar-refractivity contribution < 1.29 is 43.7 Å². The molecule has 1 unspecified atom stereocenters. The summed E-state index contributed by atoms with van der Waals surface area (Å²) in [5.41, 5.74) is 3.29. The van der Waals surface area contributed by atoms with Crippen molar-refractivity contribution in [3.05, 3.63) is 59.7 Å². The van der Waals surface area contributed by atoms with Crippen LogP contribution in [0.5, 0.6) is 17.2 Å². The Morgan fingerprint density at radius 3 is 2.42 bits per heavy atom. The summed E-state index contributed by atoms with van der Waals surface area (Å²) in [7, 11) is -0.732. The zero-order chi connectivity index (χ0) is 27.8. The SMILES string of the molecule is CC(=O)Nc1ccc(O)cc1.COc1ccc2c3c1O[C@H]1[C@@H](O)C=C[C@H]4C(C2)N(C)CC[C@@]341.O=P(O)(O)O. The van der Waals surface area contributed by atoms with Crippen molar-refractivity contribution >= 4 is 19.4 Å². The third-order valence-corrected chi connectivity index (χ3v) is 7.54. The molecule has 4 aliphatic rings. The number of nitrogens with one attached hydrogen (secondary N) is 1. The van der Waals surface area contributed by atoms with E-state index in [0.717, 1.165) is 30.9 Å². The van der Waals surface area contributed by atoms with Gasteiger partial charge in [0.2, 0.25) is 5.91 Å². The van der Waals surface area contributed by atoms with E-state index in [4.69, 9.17) is 33.8 Å². The van der Waals surface area contributed by atoms with E-state index in [-0.39, 0.29) is 23.2 Å². The Bertz CT molecular complexity index is 1250. The number of amides is 1. The second kappa shape index (κ2) is 10.7. The zero-order valence-electron chi connectivity index (χ0n) is 21.3. The number of aromatic hydroxyl groups is 1. The molecule has 6 rings (SSSR count). The van der Waals surface area contributed by atoms with Crippen molar-refractivity contribution in [1.29, 1.82) is 0 Å². The summed E-state index contributed by atoms with van der Waals surface area (Å²) in [4.78, 5) is 34.6. The van der Waals surface area contributed by atoms with Crippen molar-refractivity contribution in [3.8, 4) is 17.2 Å². The number of methoxy groups -OCH3 is 1. The minimum Gasteiger partial charge on any atom is -0.508 e. The van der Waals surface area contributed by atoms with Crippen LogP contribution in [0.1, 0.15) is 24.5 Å². The number of rotatable bonds is 2. The standard InChI is InChI=1S/C18H21NO3.C8H9NO2.H3O4P/c1-19-8-7-18-11-4-5-13(20)17(18)22-16-14(21-2)6-3-10(15(16)18)9-12(11)19;1-6(10)9-7-2-4-8(11)5-3-7;1-5(2,3)4/h3-6,11-13,17,20H,7-9H2,1-2H3;2-5,11H,1H3,(H,9,10);(H3,1,2,3,4)/t11-,12?,13-,17-,18-;;/m0../s1. The average molecular weight is 549 g/mol. The van der Waals surface area contributed by atoms with Crippen molar-refractivity contribution in [2.45, 2.75) is 43.4 Å². The molecule has 0 radical (unpaired) electrons. The molecule has 2 aliphatic heterocycles. The number of phosphoric acid groups is 1. The second-order valence-electron chi connectivity index (χ2n) is 9.85. The highest BCUT2D eigenvalue weighted by Crippen LogP contribution is 2.62. The number of piperidine rings is 1. The van der Waals surface area contributed by atoms with Crippen LogP contribution in [0.25, 0.3) is 0 Å². The molecule has 5 atom stereocenters. The van der Waals surface area contributed by atoms with Gasteiger partial charge in [-0.25, -0.2) is 4.57 Å². The van der Waals surface area contributed by atoms with E-state index in [2.05, 4.69) is 29.4 Å². The molecule has 206 valence electrons. The fourth-order valence-corrected chi connectivity index (χ4v) is 6.14. The highest BCUT2D eigenvalue weighted by Gasteiger charge is 2.64. The minimum atomic E-state index is -4.64. The molecule has 2 aliphatic carbocycles. The molecule has 1 amide bonds. The summed E-state index contributed by atoms with van der Waals surface area (Å²) in [6.07, 6.45) is 5.54. The molecule has 0 saturated carbocycles. The summed E-state index contributed by atoms with van der Waals surface area (Å²) in [6.45, 7) is 2.49. The molecular weight excluding hydrogens is 515 g/mol. The monoisotopic (exact) mass is 548 g/mol. The molecule has 2 aromatic carbocycles. The summed E-state index contributed by atoms with van der Waals surface area (Å²) in [5.74, 6) is 2.17. The molecule has 6 N–H and O–H groups in total. The van der Waals surface area contributed by atoms with E-state index < -0.39 is 13.9 Å². The Labute approximate surface area is 220 Å². The number of aliphatic hydroxyl groups is 1. The number of phenolic OH excluding ortho intramolecular Hbond substituents is 1. The summed E-state index contributed by atoms with van der Waals surface area (Å²) >= 11 is 0. The van der Waals surface area contributed by atoms with Gasteiger partial charge in [0.25, 0.3) is 0 Å². The van der Waals surface area contributed by atoms with Crippen LogP contribution in [0.3, 0.4) is 0 Å². The molecule has 11 nitrogen and oxygen atoms in total. The molecule has 1 fully saturated rings. The molecule has 12 heteroatoms. The van der Waals surface area contributed by atoms with Gasteiger partial charge in [-0.05, 0) is 62.3 Å². The first kappa shape index (κ1) is 28.1. The van der Waals surface area contributed by atoms with E-state index in [9.17, 15) is 9.90 Å². The normalized spacial score (nSPS) is 28.0. The molecule has 38 heavy (non-hydrogen) atoms. The first-order valence-electron chi connectivity index (χ1n) is 12.1. The highest BCUT2D eigenvalue weighted by atomic mass is 31.2. The number of phenols is 1. The van der Waals surface area contributed by atoms with Gasteiger partial charge in [-0.1, -0.05) is 18.2 Å². The number of hydrogen-bond acceptors (Lipinski definition) is 7. The van der Waals surface area contributed by atoms with E-state index >= 15 is 0 Å². The summed E-state index contributed by atoms with van der Waals surface area (Å²) in [5, 5.41) is 22.0. The Kier molecular flexibility index (Phi) is 7.90. The van der Waals surface area contributed by atoms with E-state index in [1.165, 1.54) is 30.2 Å². The third-order valence-electron chi connectivity index (χ3n) is 7.54. The Morgan fingerprint density at radius 1 is 1.16 bits per heavy atom. The highest BCUT2D eigenvalue weighted by molar-refractivity contribution is 7.45. The molecular formula is C26H33N2O9P. The lowest BCUT2D eigenvalue weighted by Gasteiger charge is -2.56. The van der Waals surface area contributed by atoms with Crippen LogP contribution in [0, 0.1) is 5.92 Å². The van der Waals surface area contributed by atoms with Gasteiger partial charge in [0.15, 0.2) is 11.5 Å². The fraction of sp³-hybridized carbons (Fsp3) is 0.423. The molecule has 1 saturated heterocycles. The van der Waals surface area contributed by atoms with Crippen LogP contribution in [0.2, 0.25) is 0 Å². The third kappa shape index (κ3) is 5.44. The maximum Gasteiger partial charge on any atom is 0.466 e. The predicted octanol–water partition coefficient (Wildman–Crippen LogP) is 1.92. The van der Waals surface area contributed by atoms with E-state index in [1.807, 2.05) is 12.1 Å². The largest absolute Gasteiger partial charge is 0.508 e. The van der Waals surface area contributed by atoms with E-state index in [0.29, 0.717) is 17.6 Å². The van der Waals surface area contributed by atoms with Crippen LogP contribution in [0.4, 0.5) is 5.69 Å². The zero-order valence-corrected chi connectivity index (χ0v) is 22.2. The lowest BCUT2D eigenvalue weighted by Crippen LogP contribution is -2.64. The van der Waals surface area contributed by atoms with Crippen molar-refractivity contribution in [2.24, 2.45) is 5.92 Å². The van der Waals surface area contributed by atoms with Gasteiger partial charge in [0.1, 0.15) is 18.0 Å². The smallest absolute Gasteiger partial charge is 0.466 e. The van der Waals surface area contributed by atoms with Crippen LogP contribution in [-0.4, -0.2) is 74.7 Å². The predicted molar refractivity (Wildman–Crippen MR) is 139 cm³/mol. The second-order valence-corrected chi connectivity index (χ2v) is 10.9. The van der Waals surface area contributed by atoms with Gasteiger partial charge in [0, 0.05) is 35.5 Å². The number of likely N-dealkylation sites (N-methyl/N-ethyl adjacent to an activating group) is 1. The van der Waals surface area contributed by atoms with Crippen LogP contribution in [0.15, 0.2) is 48.6 Å². The summed E-state index contributed by atoms with van der Waals surface area (Å²) < 4.78 is 20.7. The molecule has 2 bridgehead atoms. The average Bonchev–Trinajstić information content (AvgIpc) is 3.19. The quantitative estimate of drug-likeness (QED) is 0.185. The lowest BCUT2D eigenvalue weighted by atomic mass is 9.53. The van der Waals surface area contributed by atoms with Crippen LogP contribution in [-0.2, 0) is 21.2 Å². The molecule has 0 aromatic heterocycles. The Hall–Kier alpha value is -2.92. The molecule has 1 spiro atoms. The first-order valence-corrected chi connectivity index (χ1v) is 13.7. The molecule has 2 heterocycles. The number of hydrogen-bond donors (Lipinski definition) is 6. The van der Waals surface area contributed by atoms with E-state index in [1.54, 1.807) is 19.2 Å². The number of aliphatic hydroxyl groups excluding tert-OH is 1. The Morgan fingerprint density at radius 2 is 1.82 bits per heavy atom. The number of benzene rings is 2. The first-order chi connectivity index (χ1) is 17.8. The fourth-order valence-electron chi connectivity index (χ4n) is 6.14. The van der Waals surface area contributed by atoms with Gasteiger partial charge in [0.05, 0.1) is 7.11 Å². The topological polar surface area (TPSA) is 169 Å². The number of nitrogens with zero attached hydrogens (tertiary/aromatic N) is 1. The van der Waals surface area contributed by atoms with Gasteiger partial charge in [-0.15, -0.1) is 0 Å². The minimum absolute atomic E-state index is 0.0806. The van der Waals surface area contributed by atoms with Crippen molar-refractivity contribution in [3.63, 3.8) is 0 Å². The number of likely N-dealkylation sites (tertiary alicyclic amines) is 1. The number of ether oxygens (including phenoxy) is 2. The number of anilines is 1. The van der Waals surface area contributed by atoms with Gasteiger partial charge in [-0.2, -0.15) is 0 Å². The maximum absolute atomic E-state index is 10.6. The van der Waals surface area contributed by atoms with Gasteiger partial charge < -0.3 is 44.6 Å². The summed E-state index contributed by atoms with van der Waals surface area (Å²) in [6, 6.07) is 11.0. The maximum atomic E-state index is 10.6. The van der Waals surface area contributed by atoms with Gasteiger partial charge >= 0.3 is 7.82 Å². The van der Waals surface area contributed by atoms with Crippen LogP contribution < -0.4 is 14.8 Å². The molecule has 2 aromatic rings. The Balaban J connectivity index is 0.000000177. The van der Waals surface area contributed by atoms with Crippen LogP contribution >= 0.6 is 7.82 Å². The lowest BCUT2D eigenvalue weighted by molar-refractivity contribution is -0.114. The van der Waals surface area contributed by atoms with Gasteiger partial charge in [-0.3, -0.25) is 4.79 Å². The number of carbonyl (C=O) groups excluding carboxylic acids is 1. The number of carbonyl (C=O) groups is 1.